The zero-order valence-electron chi connectivity index (χ0n) is 17.4. The number of nitrogens with one attached hydrogen (secondary N) is 1. The van der Waals surface area contributed by atoms with Crippen molar-refractivity contribution < 1.29 is 9.84 Å². The van der Waals surface area contributed by atoms with Gasteiger partial charge in [0, 0.05) is 22.7 Å². The fourth-order valence-electron chi connectivity index (χ4n) is 5.48. The third-order valence-corrected chi connectivity index (χ3v) is 7.15. The van der Waals surface area contributed by atoms with E-state index in [1.165, 1.54) is 16.5 Å². The lowest BCUT2D eigenvalue weighted by atomic mass is 9.81. The third kappa shape index (κ3) is 3.33. The number of aliphatic hydroxyl groups is 1. The van der Waals surface area contributed by atoms with Crippen molar-refractivity contribution in [3.63, 3.8) is 0 Å². The molecule has 2 aliphatic rings. The molecule has 31 heavy (non-hydrogen) atoms. The number of H-pyrrole nitrogens is 1. The molecule has 0 radical (unpaired) electrons. The van der Waals surface area contributed by atoms with Gasteiger partial charge in [0.2, 0.25) is 0 Å². The summed E-state index contributed by atoms with van der Waals surface area (Å²) in [5, 5.41) is 12.3. The second-order valence-corrected chi connectivity index (χ2v) is 8.97. The van der Waals surface area contributed by atoms with Crippen molar-refractivity contribution in [1.82, 2.24) is 14.5 Å². The number of aromatic amines is 1. The van der Waals surface area contributed by atoms with Gasteiger partial charge in [0.05, 0.1) is 36.5 Å². The molecule has 0 spiro atoms. The summed E-state index contributed by atoms with van der Waals surface area (Å²) in [6.45, 7) is 0. The number of rotatable bonds is 5. The number of fused-ring (bicyclic) bond motifs is 4. The van der Waals surface area contributed by atoms with Crippen molar-refractivity contribution in [2.75, 3.05) is 0 Å². The molecule has 0 bridgehead atoms. The molecule has 2 N–H and O–H groups in total. The van der Waals surface area contributed by atoms with E-state index in [9.17, 15) is 5.11 Å². The number of imidazole rings is 1. The Bertz CT molecular complexity index is 1200. The van der Waals surface area contributed by atoms with E-state index in [1.807, 2.05) is 24.8 Å². The van der Waals surface area contributed by atoms with Crippen LogP contribution in [0.4, 0.5) is 0 Å². The number of benzene rings is 2. The molecule has 1 fully saturated rings. The van der Waals surface area contributed by atoms with Crippen molar-refractivity contribution in [2.24, 2.45) is 5.92 Å². The minimum atomic E-state index is -0.316. The van der Waals surface area contributed by atoms with E-state index in [0.29, 0.717) is 5.92 Å². The van der Waals surface area contributed by atoms with Crippen LogP contribution in [-0.4, -0.2) is 31.8 Å². The molecule has 2 atom stereocenters. The van der Waals surface area contributed by atoms with Crippen LogP contribution in [0.15, 0.2) is 67.3 Å². The van der Waals surface area contributed by atoms with Crippen molar-refractivity contribution in [1.29, 1.82) is 0 Å². The third-order valence-electron chi connectivity index (χ3n) is 7.15. The van der Waals surface area contributed by atoms with Crippen LogP contribution in [-0.2, 0) is 0 Å². The first-order valence-corrected chi connectivity index (χ1v) is 11.3. The highest BCUT2D eigenvalue weighted by Gasteiger charge is 2.34. The first kappa shape index (κ1) is 18.7. The van der Waals surface area contributed by atoms with Crippen molar-refractivity contribution in [3.8, 4) is 17.0 Å². The molecule has 4 aromatic rings. The minimum absolute atomic E-state index is 0.172. The van der Waals surface area contributed by atoms with Gasteiger partial charge < -0.3 is 19.4 Å². The summed E-state index contributed by atoms with van der Waals surface area (Å²) in [7, 11) is 0. The summed E-state index contributed by atoms with van der Waals surface area (Å²) < 4.78 is 8.49. The van der Waals surface area contributed by atoms with Gasteiger partial charge >= 0.3 is 0 Å². The summed E-state index contributed by atoms with van der Waals surface area (Å²) >= 11 is 0. The predicted molar refractivity (Wildman–Crippen MR) is 121 cm³/mol. The van der Waals surface area contributed by atoms with E-state index in [0.717, 1.165) is 49.1 Å². The van der Waals surface area contributed by atoms with Gasteiger partial charge in [-0.1, -0.05) is 24.3 Å². The van der Waals surface area contributed by atoms with E-state index in [1.54, 1.807) is 0 Å². The molecular weight excluding hydrogens is 386 g/mol. The number of aliphatic hydroxyl groups excluding tert-OH is 1. The van der Waals surface area contributed by atoms with Crippen molar-refractivity contribution in [3.05, 3.63) is 72.8 Å². The lowest BCUT2D eigenvalue weighted by Crippen LogP contribution is -2.31. The van der Waals surface area contributed by atoms with Gasteiger partial charge in [-0.05, 0) is 67.9 Å². The SMILES string of the molecule is OC(CC1c2ccccc2-c2cncn21)C1CCC(Oc2ccc3[nH]ccc3c2)CC1. The van der Waals surface area contributed by atoms with Crippen LogP contribution >= 0.6 is 0 Å². The number of ether oxygens (including phenoxy) is 1. The molecule has 2 unspecified atom stereocenters. The Morgan fingerprint density at radius 1 is 1.10 bits per heavy atom. The Labute approximate surface area is 181 Å². The van der Waals surface area contributed by atoms with Crippen molar-refractivity contribution in [2.45, 2.75) is 50.4 Å². The van der Waals surface area contributed by atoms with Crippen LogP contribution in [0, 0.1) is 5.92 Å². The molecule has 1 aliphatic carbocycles. The Hall–Kier alpha value is -3.05. The maximum Gasteiger partial charge on any atom is 0.120 e. The van der Waals surface area contributed by atoms with Gasteiger partial charge in [0.1, 0.15) is 5.75 Å². The summed E-state index contributed by atoms with van der Waals surface area (Å²) in [6, 6.07) is 17.0. The summed E-state index contributed by atoms with van der Waals surface area (Å²) in [5.41, 5.74) is 4.84. The van der Waals surface area contributed by atoms with E-state index in [2.05, 4.69) is 57.0 Å². The highest BCUT2D eigenvalue weighted by Crippen LogP contribution is 2.43. The molecule has 0 saturated heterocycles. The zero-order chi connectivity index (χ0) is 20.8. The number of nitrogens with zero attached hydrogens (tertiary/aromatic N) is 2. The van der Waals surface area contributed by atoms with Gasteiger partial charge in [-0.25, -0.2) is 4.98 Å². The van der Waals surface area contributed by atoms with Crippen LogP contribution in [0.5, 0.6) is 5.75 Å². The van der Waals surface area contributed by atoms with Crippen LogP contribution in [0.3, 0.4) is 0 Å². The Morgan fingerprint density at radius 2 is 1.97 bits per heavy atom. The normalized spacial score (nSPS) is 23.5. The first-order valence-electron chi connectivity index (χ1n) is 11.3. The van der Waals surface area contributed by atoms with E-state index >= 15 is 0 Å². The summed E-state index contributed by atoms with van der Waals surface area (Å²) in [6.07, 6.45) is 10.4. The molecule has 2 aromatic heterocycles. The zero-order valence-corrected chi connectivity index (χ0v) is 17.4. The molecular formula is C26H27N3O2. The van der Waals surface area contributed by atoms with Crippen molar-refractivity contribution >= 4 is 10.9 Å². The fraction of sp³-hybridized carbons (Fsp3) is 0.346. The van der Waals surface area contributed by atoms with E-state index < -0.39 is 0 Å². The Balaban J connectivity index is 1.09. The van der Waals surface area contributed by atoms with Crippen LogP contribution in [0.25, 0.3) is 22.2 Å². The van der Waals surface area contributed by atoms with Crippen LogP contribution in [0.1, 0.15) is 43.7 Å². The monoisotopic (exact) mass is 413 g/mol. The topological polar surface area (TPSA) is 63.1 Å². The van der Waals surface area contributed by atoms with Crippen LogP contribution in [0.2, 0.25) is 0 Å². The molecule has 1 aliphatic heterocycles. The molecule has 5 nitrogen and oxygen atoms in total. The van der Waals surface area contributed by atoms with Crippen LogP contribution < -0.4 is 4.74 Å². The summed E-state index contributed by atoms with van der Waals surface area (Å²) in [4.78, 5) is 7.56. The number of hydrogen-bond donors (Lipinski definition) is 2. The van der Waals surface area contributed by atoms with E-state index in [-0.39, 0.29) is 18.2 Å². The molecule has 1 saturated carbocycles. The number of hydrogen-bond acceptors (Lipinski definition) is 3. The Kier molecular flexibility index (Phi) is 4.57. The molecule has 5 heteroatoms. The fourth-order valence-corrected chi connectivity index (χ4v) is 5.48. The smallest absolute Gasteiger partial charge is 0.120 e. The lowest BCUT2D eigenvalue weighted by molar-refractivity contribution is 0.0402. The van der Waals surface area contributed by atoms with E-state index in [4.69, 9.17) is 4.74 Å². The lowest BCUT2D eigenvalue weighted by Gasteiger charge is -2.33. The number of aromatic nitrogens is 3. The largest absolute Gasteiger partial charge is 0.490 e. The maximum absolute atomic E-state index is 11.1. The van der Waals surface area contributed by atoms with Gasteiger partial charge in [0.25, 0.3) is 0 Å². The second kappa shape index (κ2) is 7.57. The average molecular weight is 414 g/mol. The quantitative estimate of drug-likeness (QED) is 0.465. The standard InChI is InChI=1S/C26H27N3O2/c30-26(14-24-21-3-1-2-4-22(21)25-15-27-16-29(24)25)17-5-7-19(8-6-17)31-20-9-10-23-18(13-20)11-12-28-23/h1-4,9-13,15-17,19,24,26,28,30H,5-8,14H2. The molecule has 3 heterocycles. The molecule has 2 aromatic carbocycles. The van der Waals surface area contributed by atoms with Gasteiger partial charge in [-0.2, -0.15) is 0 Å². The minimum Gasteiger partial charge on any atom is -0.490 e. The van der Waals surface area contributed by atoms with Gasteiger partial charge in [0.15, 0.2) is 0 Å². The van der Waals surface area contributed by atoms with Gasteiger partial charge in [-0.15, -0.1) is 0 Å². The summed E-state index contributed by atoms with van der Waals surface area (Å²) in [5.74, 6) is 1.26. The maximum atomic E-state index is 11.1. The Morgan fingerprint density at radius 3 is 2.87 bits per heavy atom. The first-order chi connectivity index (χ1) is 15.3. The second-order valence-electron chi connectivity index (χ2n) is 8.97. The van der Waals surface area contributed by atoms with Gasteiger partial charge in [-0.3, -0.25) is 0 Å². The highest BCUT2D eigenvalue weighted by molar-refractivity contribution is 5.80. The predicted octanol–water partition coefficient (Wildman–Crippen LogP) is 5.32. The molecule has 0 amide bonds. The molecule has 6 rings (SSSR count). The highest BCUT2D eigenvalue weighted by atomic mass is 16.5. The average Bonchev–Trinajstić information content (AvgIpc) is 3.52. The molecule has 158 valence electrons.